The van der Waals surface area contributed by atoms with Gasteiger partial charge in [-0.3, -0.25) is 0 Å². The van der Waals surface area contributed by atoms with Crippen molar-refractivity contribution in [3.63, 3.8) is 0 Å². The quantitative estimate of drug-likeness (QED) is 0.379. The molecular weight excluding hydrogens is 414 g/mol. The Hall–Kier alpha value is -2.83. The van der Waals surface area contributed by atoms with Crippen LogP contribution >= 0.6 is 11.3 Å². The molecule has 0 aliphatic carbocycles. The summed E-state index contributed by atoms with van der Waals surface area (Å²) in [5.74, 6) is -0.870. The maximum Gasteiger partial charge on any atom is 0.132 e. The van der Waals surface area contributed by atoms with E-state index in [0.29, 0.717) is 4.88 Å². The average molecular weight is 441 g/mol. The fourth-order valence-corrected chi connectivity index (χ4v) is 4.21. The Morgan fingerprint density at radius 2 is 1.68 bits per heavy atom. The van der Waals surface area contributed by atoms with Gasteiger partial charge in [-0.1, -0.05) is 25.1 Å². The summed E-state index contributed by atoms with van der Waals surface area (Å²) in [5.41, 5.74) is 4.37. The van der Waals surface area contributed by atoms with Gasteiger partial charge < -0.3 is 5.11 Å². The largest absolute Gasteiger partial charge is 0.394 e. The molecule has 0 saturated heterocycles. The highest BCUT2D eigenvalue weighted by Gasteiger charge is 2.16. The molecule has 4 aromatic rings. The normalized spacial score (nSPS) is 10.8. The summed E-state index contributed by atoms with van der Waals surface area (Å²) in [6, 6.07) is 17.5. The smallest absolute Gasteiger partial charge is 0.132 e. The Kier molecular flexibility index (Phi) is 7.36. The van der Waals surface area contributed by atoms with Crippen LogP contribution in [0.25, 0.3) is 26.7 Å². The SMILES string of the molecule is CC(C)O.CCc1ccccc1-n1nc(C)cc1-c1ccc(-c2cc(F)ccc2F)s1. The van der Waals surface area contributed by atoms with Gasteiger partial charge in [0.2, 0.25) is 0 Å². The van der Waals surface area contributed by atoms with Gasteiger partial charge in [0.05, 0.1) is 22.0 Å². The number of aryl methyl sites for hydroxylation is 2. The minimum Gasteiger partial charge on any atom is -0.394 e. The Morgan fingerprint density at radius 3 is 2.39 bits per heavy atom. The number of aliphatic hydroxyl groups excluding tert-OH is 1. The summed E-state index contributed by atoms with van der Waals surface area (Å²) in [7, 11) is 0. The van der Waals surface area contributed by atoms with Crippen LogP contribution in [-0.4, -0.2) is 21.0 Å². The number of aliphatic hydroxyl groups is 1. The molecule has 2 aromatic carbocycles. The van der Waals surface area contributed by atoms with Gasteiger partial charge in [0.1, 0.15) is 11.6 Å². The number of hydrogen-bond donors (Lipinski definition) is 1. The monoisotopic (exact) mass is 440 g/mol. The maximum absolute atomic E-state index is 14.1. The highest BCUT2D eigenvalue weighted by molar-refractivity contribution is 7.18. The summed E-state index contributed by atoms with van der Waals surface area (Å²) in [6.45, 7) is 7.51. The standard InChI is InChI=1S/C22H18F2N2S.C3H8O/c1-3-15-6-4-5-7-19(15)26-20(12-14(2)25-26)22-11-10-21(27-22)17-13-16(23)8-9-18(17)24;1-3(2)4/h4-13H,3H2,1-2H3;3-4H,1-2H3. The van der Waals surface area contributed by atoms with Crippen LogP contribution in [0.3, 0.4) is 0 Å². The molecule has 0 spiro atoms. The number of thiophene rings is 1. The van der Waals surface area contributed by atoms with E-state index in [1.54, 1.807) is 13.8 Å². The number of rotatable bonds is 4. The molecule has 3 nitrogen and oxygen atoms in total. The van der Waals surface area contributed by atoms with E-state index in [2.05, 4.69) is 24.2 Å². The molecular formula is C25H26F2N2OS. The number of nitrogens with zero attached hydrogens (tertiary/aromatic N) is 2. The van der Waals surface area contributed by atoms with Gasteiger partial charge in [-0.25, -0.2) is 13.5 Å². The number of aromatic nitrogens is 2. The van der Waals surface area contributed by atoms with Gasteiger partial charge in [-0.15, -0.1) is 11.3 Å². The van der Waals surface area contributed by atoms with Crippen molar-refractivity contribution in [3.8, 4) is 26.7 Å². The molecule has 2 aromatic heterocycles. The van der Waals surface area contributed by atoms with Crippen molar-refractivity contribution in [2.24, 2.45) is 0 Å². The number of benzene rings is 2. The van der Waals surface area contributed by atoms with Crippen LogP contribution in [0.5, 0.6) is 0 Å². The minimum atomic E-state index is -0.445. The van der Waals surface area contributed by atoms with Gasteiger partial charge in [0, 0.05) is 16.5 Å². The molecule has 0 amide bonds. The van der Waals surface area contributed by atoms with Crippen molar-refractivity contribution in [2.45, 2.75) is 40.2 Å². The Morgan fingerprint density at radius 1 is 1.00 bits per heavy atom. The fraction of sp³-hybridized carbons (Fsp3) is 0.240. The van der Waals surface area contributed by atoms with E-state index in [0.717, 1.165) is 40.5 Å². The second-order valence-electron chi connectivity index (χ2n) is 7.45. The molecule has 0 radical (unpaired) electrons. The van der Waals surface area contributed by atoms with Crippen LogP contribution in [0.15, 0.2) is 60.7 Å². The first-order valence-electron chi connectivity index (χ1n) is 10.2. The summed E-state index contributed by atoms with van der Waals surface area (Å²) in [4.78, 5) is 1.65. The highest BCUT2D eigenvalue weighted by Crippen LogP contribution is 2.37. The molecule has 162 valence electrons. The van der Waals surface area contributed by atoms with Crippen LogP contribution < -0.4 is 0 Å². The van der Waals surface area contributed by atoms with E-state index >= 15 is 0 Å². The van der Waals surface area contributed by atoms with E-state index in [9.17, 15) is 8.78 Å². The molecule has 0 fully saturated rings. The van der Waals surface area contributed by atoms with E-state index < -0.39 is 11.6 Å². The van der Waals surface area contributed by atoms with E-state index in [1.807, 2.05) is 41.9 Å². The van der Waals surface area contributed by atoms with Crippen molar-refractivity contribution >= 4 is 11.3 Å². The zero-order valence-electron chi connectivity index (χ0n) is 18.1. The van der Waals surface area contributed by atoms with Crippen molar-refractivity contribution in [1.82, 2.24) is 9.78 Å². The van der Waals surface area contributed by atoms with Crippen LogP contribution in [0, 0.1) is 18.6 Å². The zero-order chi connectivity index (χ0) is 22.5. The van der Waals surface area contributed by atoms with Gasteiger partial charge in [-0.05, 0) is 75.2 Å². The van der Waals surface area contributed by atoms with Crippen molar-refractivity contribution in [1.29, 1.82) is 0 Å². The van der Waals surface area contributed by atoms with Crippen LogP contribution in [-0.2, 0) is 6.42 Å². The van der Waals surface area contributed by atoms with E-state index in [-0.39, 0.29) is 11.7 Å². The summed E-state index contributed by atoms with van der Waals surface area (Å²) < 4.78 is 29.6. The van der Waals surface area contributed by atoms with Crippen molar-refractivity contribution in [3.05, 3.63) is 83.6 Å². The molecule has 0 aliphatic heterocycles. The molecule has 0 aliphatic rings. The minimum absolute atomic E-state index is 0.167. The van der Waals surface area contributed by atoms with Crippen molar-refractivity contribution in [2.75, 3.05) is 0 Å². The lowest BCUT2D eigenvalue weighted by Gasteiger charge is -2.10. The Labute approximate surface area is 185 Å². The first-order valence-corrected chi connectivity index (χ1v) is 11.0. The van der Waals surface area contributed by atoms with Crippen LogP contribution in [0.1, 0.15) is 32.0 Å². The second-order valence-corrected chi connectivity index (χ2v) is 8.53. The first kappa shape index (κ1) is 22.8. The van der Waals surface area contributed by atoms with Crippen LogP contribution in [0.4, 0.5) is 8.78 Å². The molecule has 0 atom stereocenters. The molecule has 4 rings (SSSR count). The Balaban J connectivity index is 0.000000628. The summed E-state index contributed by atoms with van der Waals surface area (Å²) in [6.07, 6.45) is 0.735. The molecule has 31 heavy (non-hydrogen) atoms. The average Bonchev–Trinajstić information content (AvgIpc) is 3.36. The highest BCUT2D eigenvalue weighted by atomic mass is 32.1. The topological polar surface area (TPSA) is 38.0 Å². The summed E-state index contributed by atoms with van der Waals surface area (Å²) >= 11 is 1.43. The lowest BCUT2D eigenvalue weighted by Crippen LogP contribution is -2.02. The molecule has 0 unspecified atom stereocenters. The molecule has 1 N–H and O–H groups in total. The predicted octanol–water partition coefficient (Wildman–Crippen LogP) is 6.80. The van der Waals surface area contributed by atoms with Gasteiger partial charge in [-0.2, -0.15) is 5.10 Å². The lowest BCUT2D eigenvalue weighted by atomic mass is 10.1. The molecule has 0 bridgehead atoms. The number of halogens is 2. The van der Waals surface area contributed by atoms with Gasteiger partial charge >= 0.3 is 0 Å². The maximum atomic E-state index is 14.1. The third kappa shape index (κ3) is 5.46. The predicted molar refractivity (Wildman–Crippen MR) is 124 cm³/mol. The number of hydrogen-bond acceptors (Lipinski definition) is 3. The third-order valence-corrected chi connectivity index (χ3v) is 5.63. The zero-order valence-corrected chi connectivity index (χ0v) is 18.9. The van der Waals surface area contributed by atoms with Crippen LogP contribution in [0.2, 0.25) is 0 Å². The molecule has 2 heterocycles. The lowest BCUT2D eigenvalue weighted by molar-refractivity contribution is 0.216. The van der Waals surface area contributed by atoms with Crippen molar-refractivity contribution < 1.29 is 13.9 Å². The molecule has 0 saturated carbocycles. The van der Waals surface area contributed by atoms with E-state index in [4.69, 9.17) is 5.11 Å². The fourth-order valence-electron chi connectivity index (χ4n) is 3.18. The third-order valence-electron chi connectivity index (χ3n) is 4.48. The summed E-state index contributed by atoms with van der Waals surface area (Å²) in [5, 5.41) is 12.7. The second kappa shape index (κ2) is 9.98. The van der Waals surface area contributed by atoms with Gasteiger partial charge in [0.15, 0.2) is 0 Å². The number of para-hydroxylation sites is 1. The Bertz CT molecular complexity index is 1160. The first-order chi connectivity index (χ1) is 14.8. The molecule has 6 heteroatoms. The van der Waals surface area contributed by atoms with Gasteiger partial charge in [0.25, 0.3) is 0 Å². The van der Waals surface area contributed by atoms with E-state index in [1.165, 1.54) is 23.0 Å².